The Morgan fingerprint density at radius 2 is 1.80 bits per heavy atom. The number of amides is 1. The van der Waals surface area contributed by atoms with Gasteiger partial charge in [-0.05, 0) is 43.3 Å². The van der Waals surface area contributed by atoms with Crippen LogP contribution < -0.4 is 5.32 Å². The molecule has 1 amide bonds. The Hall–Kier alpha value is -2.87. The topological polar surface area (TPSA) is 113 Å². The van der Waals surface area contributed by atoms with Crippen LogP contribution in [0.2, 0.25) is 0 Å². The zero-order valence-corrected chi connectivity index (χ0v) is 14.7. The number of esters is 1. The lowest BCUT2D eigenvalue weighted by Crippen LogP contribution is -2.14. The quantitative estimate of drug-likeness (QED) is 0.655. The third-order valence-electron chi connectivity index (χ3n) is 3.15. The fourth-order valence-corrected chi connectivity index (χ4v) is 2.41. The molecule has 25 heavy (non-hydrogen) atoms. The number of aromatic carboxylic acids is 1. The van der Waals surface area contributed by atoms with Gasteiger partial charge < -0.3 is 20.3 Å². The molecule has 0 radical (unpaired) electrons. The number of anilines is 1. The van der Waals surface area contributed by atoms with E-state index in [9.17, 15) is 19.5 Å². The molecule has 3 N–H and O–H groups in total. The summed E-state index contributed by atoms with van der Waals surface area (Å²) in [5.74, 6) is -2.85. The molecule has 2 aromatic rings. The van der Waals surface area contributed by atoms with Crippen molar-refractivity contribution in [2.24, 2.45) is 0 Å². The Labute approximate surface area is 151 Å². The number of phenols is 1. The summed E-state index contributed by atoms with van der Waals surface area (Å²) in [5.41, 5.74) is -0.102. The van der Waals surface area contributed by atoms with E-state index in [2.05, 4.69) is 21.2 Å². The van der Waals surface area contributed by atoms with E-state index in [-0.39, 0.29) is 34.7 Å². The first-order valence-electron chi connectivity index (χ1n) is 7.17. The second-order valence-electron chi connectivity index (χ2n) is 4.94. The van der Waals surface area contributed by atoms with Crippen molar-refractivity contribution in [1.29, 1.82) is 0 Å². The first-order chi connectivity index (χ1) is 11.8. The van der Waals surface area contributed by atoms with Crippen LogP contribution in [0.3, 0.4) is 0 Å². The smallest absolute Gasteiger partial charge is 0.338 e. The lowest BCUT2D eigenvalue weighted by molar-refractivity contribution is 0.0526. The van der Waals surface area contributed by atoms with E-state index >= 15 is 0 Å². The van der Waals surface area contributed by atoms with E-state index < -0.39 is 17.8 Å². The number of hydrogen-bond acceptors (Lipinski definition) is 5. The summed E-state index contributed by atoms with van der Waals surface area (Å²) in [6.45, 7) is 1.75. The van der Waals surface area contributed by atoms with Crippen LogP contribution in [0.1, 0.15) is 38.0 Å². The number of carbonyl (C=O) groups is 3. The minimum Gasteiger partial charge on any atom is -0.507 e. The Bertz CT molecular complexity index is 849. The molecular formula is C17H14BrNO6. The van der Waals surface area contributed by atoms with Crippen molar-refractivity contribution in [3.8, 4) is 5.75 Å². The Kier molecular flexibility index (Phi) is 5.76. The molecule has 2 aromatic carbocycles. The van der Waals surface area contributed by atoms with Crippen molar-refractivity contribution in [3.63, 3.8) is 0 Å². The molecule has 0 aromatic heterocycles. The monoisotopic (exact) mass is 407 g/mol. The molecule has 0 aliphatic rings. The third kappa shape index (κ3) is 4.57. The van der Waals surface area contributed by atoms with Crippen molar-refractivity contribution in [1.82, 2.24) is 0 Å². The number of ether oxygens (including phenoxy) is 1. The van der Waals surface area contributed by atoms with Crippen LogP contribution in [-0.4, -0.2) is 34.7 Å². The van der Waals surface area contributed by atoms with Gasteiger partial charge >= 0.3 is 11.9 Å². The molecule has 0 spiro atoms. The minimum atomic E-state index is -1.26. The van der Waals surface area contributed by atoms with Gasteiger partial charge in [-0.15, -0.1) is 0 Å². The van der Waals surface area contributed by atoms with Gasteiger partial charge in [0.2, 0.25) is 0 Å². The highest BCUT2D eigenvalue weighted by Crippen LogP contribution is 2.24. The van der Waals surface area contributed by atoms with Gasteiger partial charge in [0, 0.05) is 10.2 Å². The summed E-state index contributed by atoms with van der Waals surface area (Å²) < 4.78 is 5.44. The third-order valence-corrected chi connectivity index (χ3v) is 3.65. The zero-order chi connectivity index (χ0) is 18.6. The van der Waals surface area contributed by atoms with Crippen molar-refractivity contribution < 1.29 is 29.3 Å². The number of nitrogens with one attached hydrogen (secondary N) is 1. The van der Waals surface area contributed by atoms with E-state index in [1.807, 2.05) is 0 Å². The van der Waals surface area contributed by atoms with Crippen LogP contribution in [0.4, 0.5) is 5.69 Å². The molecule has 0 saturated carbocycles. The molecule has 0 bridgehead atoms. The number of halogens is 1. The normalized spacial score (nSPS) is 10.2. The molecule has 0 aliphatic carbocycles. The van der Waals surface area contributed by atoms with Crippen LogP contribution in [0.5, 0.6) is 5.75 Å². The predicted molar refractivity (Wildman–Crippen MR) is 93.1 cm³/mol. The molecular weight excluding hydrogens is 394 g/mol. The van der Waals surface area contributed by atoms with Crippen molar-refractivity contribution in [2.45, 2.75) is 6.92 Å². The van der Waals surface area contributed by atoms with Gasteiger partial charge in [-0.1, -0.05) is 15.9 Å². The number of carbonyl (C=O) groups excluding carboxylic acids is 2. The summed E-state index contributed by atoms with van der Waals surface area (Å²) >= 11 is 3.20. The summed E-state index contributed by atoms with van der Waals surface area (Å²) in [7, 11) is 0. The van der Waals surface area contributed by atoms with Crippen LogP contribution in [-0.2, 0) is 4.74 Å². The predicted octanol–water partition coefficient (Wildman–Crippen LogP) is 3.28. The second-order valence-corrected chi connectivity index (χ2v) is 5.86. The Balaban J connectivity index is 2.37. The van der Waals surface area contributed by atoms with Crippen molar-refractivity contribution in [2.75, 3.05) is 11.9 Å². The van der Waals surface area contributed by atoms with Crippen molar-refractivity contribution >= 4 is 39.5 Å². The Morgan fingerprint density at radius 3 is 2.44 bits per heavy atom. The molecule has 0 unspecified atom stereocenters. The second kappa shape index (κ2) is 7.80. The molecule has 0 atom stereocenters. The van der Waals surface area contributed by atoms with Gasteiger partial charge in [0.25, 0.3) is 5.91 Å². The lowest BCUT2D eigenvalue weighted by atomic mass is 10.1. The maximum Gasteiger partial charge on any atom is 0.338 e. The minimum absolute atomic E-state index is 0.00415. The van der Waals surface area contributed by atoms with Gasteiger partial charge in [0.15, 0.2) is 0 Å². The average Bonchev–Trinajstić information content (AvgIpc) is 2.56. The van der Waals surface area contributed by atoms with Crippen molar-refractivity contribution in [3.05, 3.63) is 57.6 Å². The van der Waals surface area contributed by atoms with Crippen LogP contribution in [0, 0.1) is 0 Å². The number of rotatable bonds is 5. The van der Waals surface area contributed by atoms with Gasteiger partial charge in [0.05, 0.1) is 23.3 Å². The summed E-state index contributed by atoms with van der Waals surface area (Å²) in [5, 5.41) is 21.4. The highest BCUT2D eigenvalue weighted by Gasteiger charge is 2.16. The molecule has 0 saturated heterocycles. The highest BCUT2D eigenvalue weighted by molar-refractivity contribution is 9.10. The number of phenolic OH excluding ortho intramolecular Hbond substituents is 1. The maximum absolute atomic E-state index is 12.3. The summed E-state index contributed by atoms with van der Waals surface area (Å²) in [6, 6.07) is 7.99. The molecule has 0 fully saturated rings. The van der Waals surface area contributed by atoms with E-state index in [0.717, 1.165) is 6.07 Å². The fourth-order valence-electron chi connectivity index (χ4n) is 2.04. The number of carboxylic acid groups (broad SMARTS) is 1. The maximum atomic E-state index is 12.3. The van der Waals surface area contributed by atoms with E-state index in [1.165, 1.54) is 24.3 Å². The highest BCUT2D eigenvalue weighted by atomic mass is 79.9. The molecule has 0 aliphatic heterocycles. The number of hydrogen-bond donors (Lipinski definition) is 3. The van der Waals surface area contributed by atoms with E-state index in [4.69, 9.17) is 9.84 Å². The first kappa shape index (κ1) is 18.5. The lowest BCUT2D eigenvalue weighted by Gasteiger charge is -2.10. The van der Waals surface area contributed by atoms with Gasteiger partial charge in [0.1, 0.15) is 5.75 Å². The molecule has 130 valence electrons. The zero-order valence-electron chi connectivity index (χ0n) is 13.1. The largest absolute Gasteiger partial charge is 0.507 e. The van der Waals surface area contributed by atoms with E-state index in [0.29, 0.717) is 4.47 Å². The summed E-state index contributed by atoms with van der Waals surface area (Å²) in [4.78, 5) is 35.4. The summed E-state index contributed by atoms with van der Waals surface area (Å²) in [6.07, 6.45) is 0. The molecule has 7 nitrogen and oxygen atoms in total. The standard InChI is InChI=1S/C17H14BrNO6/c1-2-25-17(24)10-5-9(16(22)23)6-12(7-10)19-15(21)13-8-11(18)3-4-14(13)20/h3-8,20H,2H2,1H3,(H,19,21)(H,22,23). The van der Waals surface area contributed by atoms with Crippen LogP contribution in [0.15, 0.2) is 40.9 Å². The fraction of sp³-hybridized carbons (Fsp3) is 0.118. The number of aromatic hydroxyl groups is 1. The van der Waals surface area contributed by atoms with Gasteiger partial charge in [-0.25, -0.2) is 9.59 Å². The molecule has 2 rings (SSSR count). The van der Waals surface area contributed by atoms with Gasteiger partial charge in [-0.3, -0.25) is 4.79 Å². The number of benzene rings is 2. The average molecular weight is 408 g/mol. The van der Waals surface area contributed by atoms with Crippen LogP contribution in [0.25, 0.3) is 0 Å². The van der Waals surface area contributed by atoms with E-state index in [1.54, 1.807) is 13.0 Å². The Morgan fingerprint density at radius 1 is 1.12 bits per heavy atom. The molecule has 0 heterocycles. The number of carboxylic acids is 1. The SMILES string of the molecule is CCOC(=O)c1cc(NC(=O)c2cc(Br)ccc2O)cc(C(=O)O)c1. The van der Waals surface area contributed by atoms with Crippen LogP contribution >= 0.6 is 15.9 Å². The first-order valence-corrected chi connectivity index (χ1v) is 7.96. The van der Waals surface area contributed by atoms with Gasteiger partial charge in [-0.2, -0.15) is 0 Å². The molecule has 8 heteroatoms.